The van der Waals surface area contributed by atoms with Gasteiger partial charge in [0, 0.05) is 6.20 Å². The van der Waals surface area contributed by atoms with Gasteiger partial charge in [-0.2, -0.15) is 0 Å². The lowest BCUT2D eigenvalue weighted by Crippen LogP contribution is -1.79. The maximum absolute atomic E-state index is 5.77. The molecule has 1 aromatic heterocycles. The van der Waals surface area contributed by atoms with E-state index in [9.17, 15) is 0 Å². The first-order valence-electron chi connectivity index (χ1n) is 2.48. The number of aromatic nitrogens is 1. The first-order chi connectivity index (χ1) is 4.22. The van der Waals surface area contributed by atoms with Gasteiger partial charge in [-0.3, -0.25) is 0 Å². The number of halogens is 2. The molecule has 48 valence electrons. The summed E-state index contributed by atoms with van der Waals surface area (Å²) in [6.45, 7) is 1.94. The Kier molecular flexibility index (Phi) is 2.09. The second-order valence-electron chi connectivity index (χ2n) is 1.73. The van der Waals surface area contributed by atoms with Gasteiger partial charge >= 0.3 is 0 Å². The van der Waals surface area contributed by atoms with Crippen molar-refractivity contribution in [3.8, 4) is 0 Å². The van der Waals surface area contributed by atoms with Crippen LogP contribution in [0.3, 0.4) is 0 Å². The summed E-state index contributed by atoms with van der Waals surface area (Å²) in [5.74, 6) is 0. The molecule has 0 saturated carbocycles. The molecule has 0 radical (unpaired) electrons. The lowest BCUT2D eigenvalue weighted by molar-refractivity contribution is 1.24. The predicted octanol–water partition coefficient (Wildman–Crippen LogP) is 2.81. The van der Waals surface area contributed by atoms with E-state index in [0.717, 1.165) is 5.56 Å². The standard InChI is InChI=1S/C6H5BrClN/c1-4-2-3-9-6(7)5(4)8/h2-3H,1H3. The molecular formula is C6H5BrClN. The molecule has 1 heterocycles. The molecule has 0 spiro atoms. The van der Waals surface area contributed by atoms with Crippen LogP contribution < -0.4 is 0 Å². The highest BCUT2D eigenvalue weighted by molar-refractivity contribution is 9.10. The molecular weight excluding hydrogens is 201 g/mol. The van der Waals surface area contributed by atoms with Gasteiger partial charge in [-0.15, -0.1) is 0 Å². The van der Waals surface area contributed by atoms with Gasteiger partial charge in [-0.05, 0) is 34.5 Å². The average molecular weight is 206 g/mol. The molecule has 0 aromatic carbocycles. The van der Waals surface area contributed by atoms with Gasteiger partial charge in [0.25, 0.3) is 0 Å². The molecule has 3 heteroatoms. The zero-order valence-corrected chi connectivity index (χ0v) is 7.20. The van der Waals surface area contributed by atoms with Gasteiger partial charge in [0.05, 0.1) is 5.02 Å². The van der Waals surface area contributed by atoms with Gasteiger partial charge in [0.15, 0.2) is 0 Å². The topological polar surface area (TPSA) is 12.9 Å². The van der Waals surface area contributed by atoms with Gasteiger partial charge in [-0.1, -0.05) is 11.6 Å². The van der Waals surface area contributed by atoms with Gasteiger partial charge in [0.2, 0.25) is 0 Å². The van der Waals surface area contributed by atoms with Crippen molar-refractivity contribution in [3.05, 3.63) is 27.5 Å². The highest BCUT2D eigenvalue weighted by atomic mass is 79.9. The minimum atomic E-state index is 0.692. The van der Waals surface area contributed by atoms with E-state index >= 15 is 0 Å². The summed E-state index contributed by atoms with van der Waals surface area (Å²) in [7, 11) is 0. The fourth-order valence-corrected chi connectivity index (χ4v) is 1.05. The SMILES string of the molecule is Cc1ccnc(Br)c1Cl. The lowest BCUT2D eigenvalue weighted by atomic mass is 10.3. The number of nitrogens with zero attached hydrogens (tertiary/aromatic N) is 1. The Bertz CT molecular complexity index is 204. The van der Waals surface area contributed by atoms with Crippen molar-refractivity contribution < 1.29 is 0 Å². The number of aryl methyl sites for hydroxylation is 1. The van der Waals surface area contributed by atoms with E-state index in [0.29, 0.717) is 9.63 Å². The van der Waals surface area contributed by atoms with Crippen LogP contribution in [0.25, 0.3) is 0 Å². The smallest absolute Gasteiger partial charge is 0.124 e. The van der Waals surface area contributed by atoms with Crippen LogP contribution in [0.4, 0.5) is 0 Å². The monoisotopic (exact) mass is 205 g/mol. The minimum absolute atomic E-state index is 0.692. The summed E-state index contributed by atoms with van der Waals surface area (Å²) in [5, 5.41) is 0.692. The maximum atomic E-state index is 5.77. The zero-order valence-electron chi connectivity index (χ0n) is 4.86. The number of pyridine rings is 1. The van der Waals surface area contributed by atoms with E-state index in [2.05, 4.69) is 20.9 Å². The molecule has 0 atom stereocenters. The summed E-state index contributed by atoms with van der Waals surface area (Å²) in [6, 6.07) is 1.87. The highest BCUT2D eigenvalue weighted by Crippen LogP contribution is 2.22. The van der Waals surface area contributed by atoms with Crippen LogP contribution in [0.2, 0.25) is 5.02 Å². The van der Waals surface area contributed by atoms with Gasteiger partial charge < -0.3 is 0 Å². The van der Waals surface area contributed by atoms with E-state index in [1.165, 1.54) is 0 Å². The van der Waals surface area contributed by atoms with E-state index in [-0.39, 0.29) is 0 Å². The Labute approximate surface area is 67.2 Å². The van der Waals surface area contributed by atoms with Crippen molar-refractivity contribution in [2.75, 3.05) is 0 Å². The number of hydrogen-bond acceptors (Lipinski definition) is 1. The molecule has 1 rings (SSSR count). The van der Waals surface area contributed by atoms with Crippen molar-refractivity contribution in [2.24, 2.45) is 0 Å². The zero-order chi connectivity index (χ0) is 6.85. The van der Waals surface area contributed by atoms with Crippen LogP contribution in [-0.4, -0.2) is 4.98 Å². The molecule has 0 unspecified atom stereocenters. The van der Waals surface area contributed by atoms with E-state index in [1.807, 2.05) is 13.0 Å². The first-order valence-corrected chi connectivity index (χ1v) is 3.65. The summed E-state index contributed by atoms with van der Waals surface area (Å²) in [5.41, 5.74) is 1.04. The third kappa shape index (κ3) is 1.43. The van der Waals surface area contributed by atoms with Crippen LogP contribution in [0.1, 0.15) is 5.56 Å². The first kappa shape index (κ1) is 7.03. The van der Waals surface area contributed by atoms with Gasteiger partial charge in [0.1, 0.15) is 4.60 Å². The molecule has 1 nitrogen and oxygen atoms in total. The minimum Gasteiger partial charge on any atom is -0.248 e. The Morgan fingerprint density at radius 1 is 1.67 bits per heavy atom. The van der Waals surface area contributed by atoms with Crippen LogP contribution >= 0.6 is 27.5 Å². The molecule has 0 fully saturated rings. The lowest BCUT2D eigenvalue weighted by Gasteiger charge is -1.95. The fraction of sp³-hybridized carbons (Fsp3) is 0.167. The second-order valence-corrected chi connectivity index (χ2v) is 2.86. The number of hydrogen-bond donors (Lipinski definition) is 0. The second kappa shape index (κ2) is 2.67. The fourth-order valence-electron chi connectivity index (χ4n) is 0.507. The summed E-state index contributed by atoms with van der Waals surface area (Å²) >= 11 is 8.97. The van der Waals surface area contributed by atoms with Crippen molar-refractivity contribution in [2.45, 2.75) is 6.92 Å². The molecule has 1 aromatic rings. The molecule has 0 bridgehead atoms. The van der Waals surface area contributed by atoms with E-state index in [1.54, 1.807) is 6.20 Å². The molecule has 0 saturated heterocycles. The Morgan fingerprint density at radius 3 is 2.78 bits per heavy atom. The molecule has 9 heavy (non-hydrogen) atoms. The largest absolute Gasteiger partial charge is 0.248 e. The predicted molar refractivity (Wildman–Crippen MR) is 41.7 cm³/mol. The summed E-state index contributed by atoms with van der Waals surface area (Å²) in [6.07, 6.45) is 1.71. The van der Waals surface area contributed by atoms with E-state index in [4.69, 9.17) is 11.6 Å². The molecule has 0 amide bonds. The Balaban J connectivity index is 3.25. The molecule has 0 aliphatic carbocycles. The Hall–Kier alpha value is -0.0800. The van der Waals surface area contributed by atoms with Gasteiger partial charge in [-0.25, -0.2) is 4.98 Å². The van der Waals surface area contributed by atoms with Crippen molar-refractivity contribution in [1.82, 2.24) is 4.98 Å². The molecule has 0 aliphatic heterocycles. The normalized spacial score (nSPS) is 9.67. The number of rotatable bonds is 0. The summed E-state index contributed by atoms with van der Waals surface area (Å²) < 4.78 is 0.712. The van der Waals surface area contributed by atoms with Crippen LogP contribution in [0.15, 0.2) is 16.9 Å². The third-order valence-electron chi connectivity index (χ3n) is 1.04. The van der Waals surface area contributed by atoms with Crippen LogP contribution in [-0.2, 0) is 0 Å². The van der Waals surface area contributed by atoms with Crippen molar-refractivity contribution in [1.29, 1.82) is 0 Å². The van der Waals surface area contributed by atoms with Crippen LogP contribution in [0, 0.1) is 6.92 Å². The highest BCUT2D eigenvalue weighted by Gasteiger charge is 1.97. The molecule has 0 N–H and O–H groups in total. The van der Waals surface area contributed by atoms with Crippen molar-refractivity contribution in [3.63, 3.8) is 0 Å². The third-order valence-corrected chi connectivity index (χ3v) is 2.35. The van der Waals surface area contributed by atoms with Crippen LogP contribution in [0.5, 0.6) is 0 Å². The van der Waals surface area contributed by atoms with E-state index < -0.39 is 0 Å². The Morgan fingerprint density at radius 2 is 2.33 bits per heavy atom. The van der Waals surface area contributed by atoms with Crippen molar-refractivity contribution >= 4 is 27.5 Å². The summed E-state index contributed by atoms with van der Waals surface area (Å²) in [4.78, 5) is 3.92. The molecule has 0 aliphatic rings. The quantitative estimate of drug-likeness (QED) is 0.595. The average Bonchev–Trinajstić information content (AvgIpc) is 1.83. The maximum Gasteiger partial charge on any atom is 0.124 e.